The largest absolute Gasteiger partial charge is 0.497 e. The highest BCUT2D eigenvalue weighted by Gasteiger charge is 2.18. The van der Waals surface area contributed by atoms with Crippen molar-refractivity contribution in [3.05, 3.63) is 29.8 Å². The highest BCUT2D eigenvalue weighted by atomic mass is 16.5. The van der Waals surface area contributed by atoms with Gasteiger partial charge in [0.1, 0.15) is 5.75 Å². The van der Waals surface area contributed by atoms with Crippen molar-refractivity contribution in [2.24, 2.45) is 0 Å². The molecule has 2 rings (SSSR count). The lowest BCUT2D eigenvalue weighted by Crippen LogP contribution is -2.45. The third kappa shape index (κ3) is 4.51. The van der Waals surface area contributed by atoms with Crippen molar-refractivity contribution in [3.63, 3.8) is 0 Å². The molecule has 1 heterocycles. The van der Waals surface area contributed by atoms with Gasteiger partial charge in [-0.2, -0.15) is 0 Å². The van der Waals surface area contributed by atoms with Crippen LogP contribution in [0, 0.1) is 0 Å². The topological polar surface area (TPSA) is 50.8 Å². The maximum Gasteiger partial charge on any atom is 0.234 e. The number of amides is 1. The average molecular weight is 278 g/mol. The Kier molecular flexibility index (Phi) is 5.38. The van der Waals surface area contributed by atoms with Crippen LogP contribution in [0.1, 0.15) is 12.5 Å². The Morgan fingerprint density at radius 3 is 3.15 bits per heavy atom. The van der Waals surface area contributed by atoms with E-state index in [9.17, 15) is 4.79 Å². The Bertz CT molecular complexity index is 450. The monoisotopic (exact) mass is 278 g/mol. The summed E-state index contributed by atoms with van der Waals surface area (Å²) in [6.45, 7) is 5.31. The molecule has 1 aromatic carbocycles. The zero-order valence-electron chi connectivity index (χ0n) is 12.1. The fourth-order valence-electron chi connectivity index (χ4n) is 2.28. The highest BCUT2D eigenvalue weighted by molar-refractivity contribution is 5.78. The van der Waals surface area contributed by atoms with Crippen LogP contribution in [0.25, 0.3) is 0 Å². The number of nitrogens with zero attached hydrogens (tertiary/aromatic N) is 1. The zero-order valence-corrected chi connectivity index (χ0v) is 12.1. The van der Waals surface area contributed by atoms with Crippen molar-refractivity contribution in [2.75, 3.05) is 33.4 Å². The van der Waals surface area contributed by atoms with Crippen molar-refractivity contribution in [2.45, 2.75) is 19.6 Å². The first-order valence-electron chi connectivity index (χ1n) is 6.91. The minimum absolute atomic E-state index is 0.0434. The molecule has 0 bridgehead atoms. The lowest BCUT2D eigenvalue weighted by atomic mass is 10.2. The van der Waals surface area contributed by atoms with Gasteiger partial charge in [0.25, 0.3) is 0 Å². The molecule has 0 radical (unpaired) electrons. The summed E-state index contributed by atoms with van der Waals surface area (Å²) < 4.78 is 10.6. The third-order valence-electron chi connectivity index (χ3n) is 3.32. The molecule has 5 nitrogen and oxygen atoms in total. The zero-order chi connectivity index (χ0) is 14.4. The van der Waals surface area contributed by atoms with Crippen molar-refractivity contribution in [3.8, 4) is 5.75 Å². The standard InChI is InChI=1S/C15H22N2O3/c1-12-10-17(6-7-20-12)11-15(18)16-9-13-4-3-5-14(8-13)19-2/h3-5,8,12H,6-7,9-11H2,1-2H3,(H,16,18). The molecule has 0 aliphatic carbocycles. The lowest BCUT2D eigenvalue weighted by molar-refractivity contribution is -0.124. The summed E-state index contributed by atoms with van der Waals surface area (Å²) in [4.78, 5) is 14.0. The van der Waals surface area contributed by atoms with Crippen LogP contribution in [0.2, 0.25) is 0 Å². The maximum atomic E-state index is 11.9. The molecule has 0 aromatic heterocycles. The molecule has 1 N–H and O–H groups in total. The van der Waals surface area contributed by atoms with E-state index in [0.29, 0.717) is 19.7 Å². The number of carbonyl (C=O) groups excluding carboxylic acids is 1. The van der Waals surface area contributed by atoms with Gasteiger partial charge in [0.05, 0.1) is 26.4 Å². The van der Waals surface area contributed by atoms with E-state index in [2.05, 4.69) is 10.2 Å². The minimum Gasteiger partial charge on any atom is -0.497 e. The predicted molar refractivity (Wildman–Crippen MR) is 76.7 cm³/mol. The number of hydrogen-bond acceptors (Lipinski definition) is 4. The van der Waals surface area contributed by atoms with Crippen LogP contribution in [0.5, 0.6) is 5.75 Å². The minimum atomic E-state index is 0.0434. The van der Waals surface area contributed by atoms with Gasteiger partial charge in [-0.15, -0.1) is 0 Å². The summed E-state index contributed by atoms with van der Waals surface area (Å²) in [7, 11) is 1.64. The summed E-state index contributed by atoms with van der Waals surface area (Å²) in [5, 5.41) is 2.94. The third-order valence-corrected chi connectivity index (χ3v) is 3.32. The van der Waals surface area contributed by atoms with Crippen molar-refractivity contribution >= 4 is 5.91 Å². The SMILES string of the molecule is COc1cccc(CNC(=O)CN2CCOC(C)C2)c1. The van der Waals surface area contributed by atoms with E-state index in [4.69, 9.17) is 9.47 Å². The van der Waals surface area contributed by atoms with Crippen LogP contribution >= 0.6 is 0 Å². The van der Waals surface area contributed by atoms with Gasteiger partial charge in [-0.25, -0.2) is 0 Å². The van der Waals surface area contributed by atoms with Crippen LogP contribution in [-0.4, -0.2) is 50.3 Å². The van der Waals surface area contributed by atoms with Crippen molar-refractivity contribution in [1.29, 1.82) is 0 Å². The van der Waals surface area contributed by atoms with Gasteiger partial charge >= 0.3 is 0 Å². The van der Waals surface area contributed by atoms with Gasteiger partial charge in [-0.1, -0.05) is 12.1 Å². The second kappa shape index (κ2) is 7.26. The molecule has 5 heteroatoms. The molecular weight excluding hydrogens is 256 g/mol. The first kappa shape index (κ1) is 14.8. The Morgan fingerprint density at radius 1 is 1.55 bits per heavy atom. The molecule has 1 saturated heterocycles. The summed E-state index contributed by atoms with van der Waals surface area (Å²) in [6, 6.07) is 7.71. The Morgan fingerprint density at radius 2 is 2.40 bits per heavy atom. The first-order valence-corrected chi connectivity index (χ1v) is 6.91. The number of benzene rings is 1. The molecule has 1 aromatic rings. The second-order valence-corrected chi connectivity index (χ2v) is 5.04. The van der Waals surface area contributed by atoms with Gasteiger partial charge in [-0.3, -0.25) is 9.69 Å². The smallest absolute Gasteiger partial charge is 0.234 e. The van der Waals surface area contributed by atoms with Crippen molar-refractivity contribution in [1.82, 2.24) is 10.2 Å². The number of nitrogens with one attached hydrogen (secondary N) is 1. The fraction of sp³-hybridized carbons (Fsp3) is 0.533. The molecule has 110 valence electrons. The molecule has 1 unspecified atom stereocenters. The van der Waals surface area contributed by atoms with Crippen LogP contribution in [0.3, 0.4) is 0 Å². The number of methoxy groups -OCH3 is 1. The van der Waals surface area contributed by atoms with E-state index < -0.39 is 0 Å². The van der Waals surface area contributed by atoms with Crippen LogP contribution in [-0.2, 0) is 16.1 Å². The molecule has 1 atom stereocenters. The number of carbonyl (C=O) groups is 1. The van der Waals surface area contributed by atoms with E-state index in [1.54, 1.807) is 7.11 Å². The summed E-state index contributed by atoms with van der Waals surface area (Å²) >= 11 is 0. The number of ether oxygens (including phenoxy) is 2. The van der Waals surface area contributed by atoms with E-state index in [0.717, 1.165) is 24.4 Å². The maximum absolute atomic E-state index is 11.9. The predicted octanol–water partition coefficient (Wildman–Crippen LogP) is 1.03. The summed E-state index contributed by atoms with van der Waals surface area (Å²) in [5.74, 6) is 0.848. The Balaban J connectivity index is 1.76. The van der Waals surface area contributed by atoms with Crippen LogP contribution in [0.15, 0.2) is 24.3 Å². The van der Waals surface area contributed by atoms with Crippen LogP contribution < -0.4 is 10.1 Å². The first-order chi connectivity index (χ1) is 9.67. The molecule has 1 aliphatic heterocycles. The molecule has 1 aliphatic rings. The molecular formula is C15H22N2O3. The highest BCUT2D eigenvalue weighted by Crippen LogP contribution is 2.12. The van der Waals surface area contributed by atoms with E-state index in [1.807, 2.05) is 31.2 Å². The fourth-order valence-corrected chi connectivity index (χ4v) is 2.28. The van der Waals surface area contributed by atoms with E-state index >= 15 is 0 Å². The number of hydrogen-bond donors (Lipinski definition) is 1. The van der Waals surface area contributed by atoms with E-state index in [-0.39, 0.29) is 12.0 Å². The Hall–Kier alpha value is -1.59. The number of rotatable bonds is 5. The van der Waals surface area contributed by atoms with Gasteiger partial charge in [0, 0.05) is 19.6 Å². The number of morpholine rings is 1. The van der Waals surface area contributed by atoms with Gasteiger partial charge in [-0.05, 0) is 24.6 Å². The van der Waals surface area contributed by atoms with Gasteiger partial charge in [0.2, 0.25) is 5.91 Å². The van der Waals surface area contributed by atoms with Crippen LogP contribution in [0.4, 0.5) is 0 Å². The lowest BCUT2D eigenvalue weighted by Gasteiger charge is -2.30. The normalized spacial score (nSPS) is 19.6. The second-order valence-electron chi connectivity index (χ2n) is 5.04. The molecule has 0 saturated carbocycles. The Labute approximate surface area is 119 Å². The molecule has 1 amide bonds. The van der Waals surface area contributed by atoms with Gasteiger partial charge < -0.3 is 14.8 Å². The average Bonchev–Trinajstić information content (AvgIpc) is 2.45. The quantitative estimate of drug-likeness (QED) is 0.874. The van der Waals surface area contributed by atoms with E-state index in [1.165, 1.54) is 0 Å². The molecule has 1 fully saturated rings. The summed E-state index contributed by atoms with van der Waals surface area (Å²) in [5.41, 5.74) is 1.04. The summed E-state index contributed by atoms with van der Waals surface area (Å²) in [6.07, 6.45) is 0.204. The van der Waals surface area contributed by atoms with Gasteiger partial charge in [0.15, 0.2) is 0 Å². The molecule has 0 spiro atoms. The molecule has 20 heavy (non-hydrogen) atoms. The van der Waals surface area contributed by atoms with Crippen molar-refractivity contribution < 1.29 is 14.3 Å².